The van der Waals surface area contributed by atoms with E-state index in [1.165, 1.54) is 12.2 Å². The molecule has 39 heavy (non-hydrogen) atoms. The van der Waals surface area contributed by atoms with Crippen LogP contribution in [0.15, 0.2) is 98.6 Å². The summed E-state index contributed by atoms with van der Waals surface area (Å²) in [6.07, 6.45) is 2.80. The van der Waals surface area contributed by atoms with Crippen LogP contribution in [0.3, 0.4) is 0 Å². The number of para-hydroxylation sites is 1. The zero-order valence-electron chi connectivity index (χ0n) is 19.8. The molecule has 5 aromatic rings. The Balaban J connectivity index is 1.22. The molecule has 0 radical (unpaired) electrons. The highest BCUT2D eigenvalue weighted by Gasteiger charge is 2.13. The smallest absolute Gasteiger partial charge is 0.344 e. The summed E-state index contributed by atoms with van der Waals surface area (Å²) in [7, 11) is 0. The molecule has 10 heteroatoms. The third kappa shape index (κ3) is 6.41. The first-order chi connectivity index (χ1) is 18.7. The number of halogens is 3. The van der Waals surface area contributed by atoms with E-state index < -0.39 is 11.5 Å². The van der Waals surface area contributed by atoms with Gasteiger partial charge in [0.15, 0.2) is 5.11 Å². The Labute approximate surface area is 242 Å². The first kappa shape index (κ1) is 26.7. The van der Waals surface area contributed by atoms with Crippen LogP contribution in [0.25, 0.3) is 39.5 Å². The molecule has 0 fully saturated rings. The molecule has 0 saturated carbocycles. The van der Waals surface area contributed by atoms with Crippen LogP contribution in [0.5, 0.6) is 0 Å². The van der Waals surface area contributed by atoms with Crippen LogP contribution in [-0.4, -0.2) is 11.0 Å². The van der Waals surface area contributed by atoms with E-state index in [-0.39, 0.29) is 5.11 Å². The minimum atomic E-state index is -0.495. The highest BCUT2D eigenvalue weighted by atomic mass is 35.5. The van der Waals surface area contributed by atoms with Crippen molar-refractivity contribution in [2.24, 2.45) is 0 Å². The maximum Gasteiger partial charge on any atom is 0.344 e. The maximum absolute atomic E-state index is 12.5. The van der Waals surface area contributed by atoms with Gasteiger partial charge >= 0.3 is 5.63 Å². The van der Waals surface area contributed by atoms with E-state index in [9.17, 15) is 9.59 Å². The van der Waals surface area contributed by atoms with Gasteiger partial charge in [0.05, 0.1) is 10.6 Å². The normalized spacial score (nSPS) is 11.2. The number of anilines is 1. The van der Waals surface area contributed by atoms with Gasteiger partial charge in [0.1, 0.15) is 17.1 Å². The highest BCUT2D eigenvalue weighted by Crippen LogP contribution is 2.31. The second-order valence-corrected chi connectivity index (χ2v) is 10.0. The number of carbonyl (C=O) groups excluding carboxylic acids is 1. The minimum absolute atomic E-state index is 0.0624. The number of furan rings is 1. The van der Waals surface area contributed by atoms with Crippen molar-refractivity contribution in [1.29, 1.82) is 0 Å². The van der Waals surface area contributed by atoms with Crippen molar-refractivity contribution < 1.29 is 13.6 Å². The molecule has 1 amide bonds. The number of hydrogen-bond acceptors (Lipinski definition) is 5. The number of nitrogens with one attached hydrogen (secondary N) is 2. The molecule has 0 unspecified atom stereocenters. The third-order valence-electron chi connectivity index (χ3n) is 5.57. The van der Waals surface area contributed by atoms with Crippen molar-refractivity contribution in [3.05, 3.63) is 116 Å². The van der Waals surface area contributed by atoms with Crippen LogP contribution < -0.4 is 16.3 Å². The van der Waals surface area contributed by atoms with E-state index in [0.29, 0.717) is 54.5 Å². The average molecular weight is 596 g/mol. The minimum Gasteiger partial charge on any atom is -0.457 e. The Kier molecular flexibility index (Phi) is 7.86. The summed E-state index contributed by atoms with van der Waals surface area (Å²) < 4.78 is 11.2. The molecule has 0 atom stereocenters. The molecule has 0 aliphatic rings. The molecule has 194 valence electrons. The van der Waals surface area contributed by atoms with E-state index in [1.807, 2.05) is 12.1 Å². The molecule has 0 saturated heterocycles. The lowest BCUT2D eigenvalue weighted by atomic mass is 10.1. The summed E-state index contributed by atoms with van der Waals surface area (Å²) in [6, 6.07) is 22.5. The van der Waals surface area contributed by atoms with Crippen molar-refractivity contribution >= 4 is 80.8 Å². The number of thiocarbonyl (C=S) groups is 1. The quantitative estimate of drug-likeness (QED) is 0.121. The Bertz CT molecular complexity index is 1810. The molecule has 6 nitrogen and oxygen atoms in total. The molecular weight excluding hydrogens is 579 g/mol. The summed E-state index contributed by atoms with van der Waals surface area (Å²) in [5, 5.41) is 7.59. The number of benzene rings is 3. The van der Waals surface area contributed by atoms with E-state index in [0.717, 1.165) is 5.39 Å². The standard InChI is InChI=1S/C29H17Cl3N2O4S/c30-18-11-17(12-19(31)14-18)26-9-6-21(37-26)7-10-27(35)34-29(39)33-20-5-8-22(24(32)15-20)23-13-16-3-1-2-4-25(16)38-28(23)36/h1-15H,(H2,33,34,35,39)/b10-7+. The zero-order chi connectivity index (χ0) is 27.5. The van der Waals surface area contributed by atoms with Crippen LogP contribution in [0.1, 0.15) is 5.76 Å². The summed E-state index contributed by atoms with van der Waals surface area (Å²) >= 11 is 23.8. The lowest BCUT2D eigenvalue weighted by Crippen LogP contribution is -2.32. The molecule has 3 aromatic carbocycles. The molecule has 2 heterocycles. The molecule has 0 spiro atoms. The van der Waals surface area contributed by atoms with Crippen molar-refractivity contribution in [2.75, 3.05) is 5.32 Å². The maximum atomic E-state index is 12.5. The van der Waals surface area contributed by atoms with Gasteiger partial charge < -0.3 is 14.2 Å². The van der Waals surface area contributed by atoms with Gasteiger partial charge in [0.2, 0.25) is 5.91 Å². The SMILES string of the molecule is O=C(/C=C/c1ccc(-c2cc(Cl)cc(Cl)c2)o1)NC(=S)Nc1ccc(-c2cc3ccccc3oc2=O)c(Cl)c1. The summed E-state index contributed by atoms with van der Waals surface area (Å²) in [4.78, 5) is 24.9. The van der Waals surface area contributed by atoms with E-state index in [1.54, 1.807) is 66.7 Å². The van der Waals surface area contributed by atoms with Crippen molar-refractivity contribution in [3.8, 4) is 22.5 Å². The summed E-state index contributed by atoms with van der Waals surface area (Å²) in [5.41, 5.74) is 2.09. The fraction of sp³-hybridized carbons (Fsp3) is 0. The molecule has 2 aromatic heterocycles. The third-order valence-corrected chi connectivity index (χ3v) is 6.52. The number of carbonyl (C=O) groups is 1. The van der Waals surface area contributed by atoms with Crippen LogP contribution in [0, 0.1) is 0 Å². The topological polar surface area (TPSA) is 84.5 Å². The summed E-state index contributed by atoms with van der Waals surface area (Å²) in [6.45, 7) is 0. The van der Waals surface area contributed by atoms with Gasteiger partial charge in [0.25, 0.3) is 0 Å². The van der Waals surface area contributed by atoms with E-state index in [4.69, 9.17) is 55.9 Å². The van der Waals surface area contributed by atoms with Gasteiger partial charge in [0, 0.05) is 38.3 Å². The number of rotatable bonds is 5. The number of hydrogen-bond donors (Lipinski definition) is 2. The fourth-order valence-corrected chi connectivity index (χ4v) is 4.86. The van der Waals surface area contributed by atoms with Gasteiger partial charge in [-0.05, 0) is 72.9 Å². The zero-order valence-corrected chi connectivity index (χ0v) is 22.9. The Morgan fingerprint density at radius 3 is 2.38 bits per heavy atom. The predicted octanol–water partition coefficient (Wildman–Crippen LogP) is 8.21. The molecular formula is C29H17Cl3N2O4S. The Hall–Kier alpha value is -3.88. The van der Waals surface area contributed by atoms with E-state index >= 15 is 0 Å². The molecule has 0 aliphatic heterocycles. The second kappa shape index (κ2) is 11.5. The first-order valence-electron chi connectivity index (χ1n) is 11.4. The monoisotopic (exact) mass is 594 g/mol. The lowest BCUT2D eigenvalue weighted by Gasteiger charge is -2.10. The van der Waals surface area contributed by atoms with Gasteiger partial charge in [-0.15, -0.1) is 0 Å². The Morgan fingerprint density at radius 1 is 0.846 bits per heavy atom. The highest BCUT2D eigenvalue weighted by molar-refractivity contribution is 7.80. The number of fused-ring (bicyclic) bond motifs is 1. The van der Waals surface area contributed by atoms with Crippen molar-refractivity contribution in [3.63, 3.8) is 0 Å². The fourth-order valence-electron chi connectivity index (χ4n) is 3.83. The largest absolute Gasteiger partial charge is 0.457 e. The summed E-state index contributed by atoms with van der Waals surface area (Å²) in [5.74, 6) is 0.543. The van der Waals surface area contributed by atoms with E-state index in [2.05, 4.69) is 10.6 Å². The van der Waals surface area contributed by atoms with Crippen LogP contribution in [0.4, 0.5) is 5.69 Å². The van der Waals surface area contributed by atoms with Crippen molar-refractivity contribution in [2.45, 2.75) is 0 Å². The van der Waals surface area contributed by atoms with Crippen LogP contribution in [-0.2, 0) is 4.79 Å². The van der Waals surface area contributed by atoms with Crippen molar-refractivity contribution in [1.82, 2.24) is 5.32 Å². The number of amides is 1. The molecule has 0 bridgehead atoms. The Morgan fingerprint density at radius 2 is 1.62 bits per heavy atom. The first-order valence-corrected chi connectivity index (χ1v) is 13.0. The molecule has 0 aliphatic carbocycles. The van der Waals surface area contributed by atoms with Crippen LogP contribution >= 0.6 is 47.0 Å². The predicted molar refractivity (Wildman–Crippen MR) is 160 cm³/mol. The second-order valence-electron chi connectivity index (χ2n) is 8.32. The molecule has 5 rings (SSSR count). The van der Waals surface area contributed by atoms with Gasteiger partial charge in [-0.2, -0.15) is 0 Å². The lowest BCUT2D eigenvalue weighted by molar-refractivity contribution is -0.115. The van der Waals surface area contributed by atoms with Gasteiger partial charge in [-0.1, -0.05) is 59.1 Å². The average Bonchev–Trinajstić information content (AvgIpc) is 3.36. The molecule has 2 N–H and O–H groups in total. The van der Waals surface area contributed by atoms with Crippen LogP contribution in [0.2, 0.25) is 15.1 Å². The van der Waals surface area contributed by atoms with Gasteiger partial charge in [-0.3, -0.25) is 10.1 Å². The van der Waals surface area contributed by atoms with Gasteiger partial charge in [-0.25, -0.2) is 4.79 Å².